The number of piperidine rings is 2. The second-order valence-electron chi connectivity index (χ2n) is 8.56. The molecule has 8 nitrogen and oxygen atoms in total. The summed E-state index contributed by atoms with van der Waals surface area (Å²) >= 11 is 0. The molecule has 3 rings (SSSR count). The third kappa shape index (κ3) is 4.99. The summed E-state index contributed by atoms with van der Waals surface area (Å²) < 4.78 is 0. The van der Waals surface area contributed by atoms with Crippen molar-refractivity contribution in [3.63, 3.8) is 0 Å². The van der Waals surface area contributed by atoms with Crippen LogP contribution in [-0.4, -0.2) is 63.0 Å². The average Bonchev–Trinajstić information content (AvgIpc) is 3.06. The van der Waals surface area contributed by atoms with Crippen molar-refractivity contribution in [1.82, 2.24) is 25.0 Å². The van der Waals surface area contributed by atoms with Crippen molar-refractivity contribution in [3.05, 3.63) is 5.82 Å². The van der Waals surface area contributed by atoms with E-state index in [1.165, 1.54) is 0 Å². The SMILES string of the molecule is CC(C)CCN1C[C@@]2(CCCN(C(=O)CCc3nc(N)n[nH]3)C2)CCC1=O. The smallest absolute Gasteiger partial charge is 0.239 e. The summed E-state index contributed by atoms with van der Waals surface area (Å²) in [7, 11) is 0. The van der Waals surface area contributed by atoms with Gasteiger partial charge in [-0.05, 0) is 31.6 Å². The van der Waals surface area contributed by atoms with Crippen LogP contribution in [0, 0.1) is 11.3 Å². The molecule has 3 heterocycles. The minimum Gasteiger partial charge on any atom is -0.367 e. The highest BCUT2D eigenvalue weighted by Crippen LogP contribution is 2.39. The number of rotatable bonds is 6. The van der Waals surface area contributed by atoms with Crippen molar-refractivity contribution in [3.8, 4) is 0 Å². The summed E-state index contributed by atoms with van der Waals surface area (Å²) in [5.74, 6) is 1.87. The molecule has 2 aliphatic heterocycles. The summed E-state index contributed by atoms with van der Waals surface area (Å²) in [4.78, 5) is 33.1. The number of hydrogen-bond donors (Lipinski definition) is 2. The van der Waals surface area contributed by atoms with Gasteiger partial charge >= 0.3 is 0 Å². The van der Waals surface area contributed by atoms with Crippen molar-refractivity contribution < 1.29 is 9.59 Å². The van der Waals surface area contributed by atoms with Crippen LogP contribution in [0.25, 0.3) is 0 Å². The van der Waals surface area contributed by atoms with Gasteiger partial charge in [-0.3, -0.25) is 14.7 Å². The summed E-state index contributed by atoms with van der Waals surface area (Å²) in [5.41, 5.74) is 5.57. The molecule has 0 unspecified atom stereocenters. The van der Waals surface area contributed by atoms with E-state index in [1.807, 2.05) is 9.80 Å². The van der Waals surface area contributed by atoms with Gasteiger partial charge in [0.2, 0.25) is 17.8 Å². The van der Waals surface area contributed by atoms with Gasteiger partial charge in [0.25, 0.3) is 0 Å². The molecular weight excluding hydrogens is 344 g/mol. The fourth-order valence-corrected chi connectivity index (χ4v) is 4.28. The molecule has 150 valence electrons. The van der Waals surface area contributed by atoms with E-state index in [9.17, 15) is 9.59 Å². The Hall–Kier alpha value is -2.12. The zero-order valence-electron chi connectivity index (χ0n) is 16.5. The van der Waals surface area contributed by atoms with Gasteiger partial charge in [0.1, 0.15) is 5.82 Å². The molecule has 0 bridgehead atoms. The van der Waals surface area contributed by atoms with E-state index in [0.29, 0.717) is 31.0 Å². The van der Waals surface area contributed by atoms with Crippen LogP contribution in [0.2, 0.25) is 0 Å². The topological polar surface area (TPSA) is 108 Å². The quantitative estimate of drug-likeness (QED) is 0.784. The third-order valence-corrected chi connectivity index (χ3v) is 5.86. The summed E-state index contributed by atoms with van der Waals surface area (Å²) in [6.07, 6.45) is 5.56. The second kappa shape index (κ2) is 8.27. The Morgan fingerprint density at radius 2 is 2.15 bits per heavy atom. The van der Waals surface area contributed by atoms with Gasteiger partial charge in [-0.2, -0.15) is 4.98 Å². The minimum atomic E-state index is 0.0649. The summed E-state index contributed by atoms with van der Waals surface area (Å²) in [6.45, 7) is 7.57. The first-order valence-corrected chi connectivity index (χ1v) is 10.1. The first kappa shape index (κ1) is 19.6. The van der Waals surface area contributed by atoms with Crippen molar-refractivity contribution in [1.29, 1.82) is 0 Å². The Bertz CT molecular complexity index is 673. The molecule has 0 radical (unpaired) electrons. The van der Waals surface area contributed by atoms with E-state index in [1.54, 1.807) is 0 Å². The molecule has 0 aromatic carbocycles. The molecular formula is C19H32N6O2. The molecule has 8 heteroatoms. The standard InChI is InChI=1S/C19H32N6O2/c1-14(2)7-11-25-13-19(9-6-17(25)27)8-3-10-24(12-19)16(26)5-4-15-21-18(20)23-22-15/h14H,3-13H2,1-2H3,(H3,20,21,22,23)/t19-/m0/s1. The van der Waals surface area contributed by atoms with Gasteiger partial charge in [0, 0.05) is 50.9 Å². The molecule has 1 aromatic heterocycles. The molecule has 1 aromatic rings. The number of nitrogen functional groups attached to an aromatic ring is 1. The summed E-state index contributed by atoms with van der Waals surface area (Å²) in [6, 6.07) is 0. The van der Waals surface area contributed by atoms with Crippen LogP contribution in [0.4, 0.5) is 5.95 Å². The minimum absolute atomic E-state index is 0.0649. The van der Waals surface area contributed by atoms with Gasteiger partial charge in [-0.15, -0.1) is 5.10 Å². The van der Waals surface area contributed by atoms with E-state index in [0.717, 1.165) is 51.9 Å². The van der Waals surface area contributed by atoms with Crippen LogP contribution in [0.15, 0.2) is 0 Å². The Morgan fingerprint density at radius 3 is 2.85 bits per heavy atom. The number of aryl methyl sites for hydroxylation is 1. The van der Waals surface area contributed by atoms with Gasteiger partial charge in [-0.25, -0.2) is 0 Å². The molecule has 3 N–H and O–H groups in total. The van der Waals surface area contributed by atoms with Crippen molar-refractivity contribution in [2.24, 2.45) is 11.3 Å². The van der Waals surface area contributed by atoms with Crippen molar-refractivity contribution >= 4 is 17.8 Å². The number of aromatic nitrogens is 3. The fraction of sp³-hybridized carbons (Fsp3) is 0.789. The Kier molecular flexibility index (Phi) is 6.01. The molecule has 1 atom stereocenters. The molecule has 2 aliphatic rings. The highest BCUT2D eigenvalue weighted by Gasteiger charge is 2.42. The van der Waals surface area contributed by atoms with Gasteiger partial charge in [0.05, 0.1) is 0 Å². The normalized spacial score (nSPS) is 23.4. The first-order valence-electron chi connectivity index (χ1n) is 10.1. The molecule has 2 saturated heterocycles. The zero-order chi connectivity index (χ0) is 19.4. The maximum atomic E-state index is 12.7. The maximum absolute atomic E-state index is 12.7. The predicted octanol–water partition coefficient (Wildman–Crippen LogP) is 1.60. The fourth-order valence-electron chi connectivity index (χ4n) is 4.28. The lowest BCUT2D eigenvalue weighted by Gasteiger charge is -2.48. The average molecular weight is 377 g/mol. The number of carbonyl (C=O) groups excluding carboxylic acids is 2. The molecule has 0 saturated carbocycles. The molecule has 1 spiro atoms. The number of anilines is 1. The number of nitrogens with zero attached hydrogens (tertiary/aromatic N) is 4. The highest BCUT2D eigenvalue weighted by atomic mass is 16.2. The van der Waals surface area contributed by atoms with Crippen LogP contribution in [-0.2, 0) is 16.0 Å². The van der Waals surface area contributed by atoms with Crippen LogP contribution in [0.1, 0.15) is 58.2 Å². The van der Waals surface area contributed by atoms with Crippen LogP contribution >= 0.6 is 0 Å². The number of H-pyrrole nitrogens is 1. The molecule has 2 fully saturated rings. The van der Waals surface area contributed by atoms with Crippen LogP contribution < -0.4 is 5.73 Å². The predicted molar refractivity (Wildman–Crippen MR) is 103 cm³/mol. The Morgan fingerprint density at radius 1 is 1.33 bits per heavy atom. The van der Waals surface area contributed by atoms with E-state index in [-0.39, 0.29) is 23.2 Å². The molecule has 2 amide bonds. The number of amides is 2. The number of nitrogens with two attached hydrogens (primary N) is 1. The lowest BCUT2D eigenvalue weighted by molar-refractivity contribution is -0.143. The summed E-state index contributed by atoms with van der Waals surface area (Å²) in [5, 5.41) is 6.55. The van der Waals surface area contributed by atoms with Gasteiger partial charge < -0.3 is 15.5 Å². The first-order chi connectivity index (χ1) is 12.9. The van der Waals surface area contributed by atoms with E-state index >= 15 is 0 Å². The Labute approximate surface area is 160 Å². The largest absolute Gasteiger partial charge is 0.367 e. The van der Waals surface area contributed by atoms with Crippen molar-refractivity contribution in [2.45, 2.75) is 58.8 Å². The molecule has 27 heavy (non-hydrogen) atoms. The van der Waals surface area contributed by atoms with Gasteiger partial charge in [-0.1, -0.05) is 13.8 Å². The molecule has 0 aliphatic carbocycles. The number of carbonyl (C=O) groups is 2. The van der Waals surface area contributed by atoms with Crippen LogP contribution in [0.3, 0.4) is 0 Å². The maximum Gasteiger partial charge on any atom is 0.239 e. The second-order valence-corrected chi connectivity index (χ2v) is 8.56. The number of hydrogen-bond acceptors (Lipinski definition) is 5. The van der Waals surface area contributed by atoms with Gasteiger partial charge in [0.15, 0.2) is 0 Å². The third-order valence-electron chi connectivity index (χ3n) is 5.86. The lowest BCUT2D eigenvalue weighted by Crippen LogP contribution is -2.55. The van der Waals surface area contributed by atoms with Crippen LogP contribution in [0.5, 0.6) is 0 Å². The van der Waals surface area contributed by atoms with E-state index < -0.39 is 0 Å². The van der Waals surface area contributed by atoms with E-state index in [4.69, 9.17) is 5.73 Å². The Balaban J connectivity index is 1.57. The zero-order valence-corrected chi connectivity index (χ0v) is 16.5. The van der Waals surface area contributed by atoms with Crippen molar-refractivity contribution in [2.75, 3.05) is 31.9 Å². The lowest BCUT2D eigenvalue weighted by atomic mass is 9.73. The van der Waals surface area contributed by atoms with E-state index in [2.05, 4.69) is 29.0 Å². The number of nitrogens with one attached hydrogen (secondary N) is 1. The monoisotopic (exact) mass is 376 g/mol. The number of aromatic amines is 1. The highest BCUT2D eigenvalue weighted by molar-refractivity contribution is 5.78. The number of likely N-dealkylation sites (tertiary alicyclic amines) is 2.